The SMILES string of the molecule is CCCc1[nH]nc(C(=O)N(C)CC(=O)NC)c1N. The summed E-state index contributed by atoms with van der Waals surface area (Å²) in [6.07, 6.45) is 1.65. The van der Waals surface area contributed by atoms with Crippen LogP contribution in [0.25, 0.3) is 0 Å². The van der Waals surface area contributed by atoms with Gasteiger partial charge in [-0.1, -0.05) is 13.3 Å². The number of nitrogens with zero attached hydrogens (tertiary/aromatic N) is 2. The zero-order chi connectivity index (χ0) is 13.7. The highest BCUT2D eigenvalue weighted by Crippen LogP contribution is 2.16. The minimum absolute atomic E-state index is 0.0231. The average Bonchev–Trinajstić information content (AvgIpc) is 2.70. The summed E-state index contributed by atoms with van der Waals surface area (Å²) >= 11 is 0. The second-order valence-electron chi connectivity index (χ2n) is 4.05. The van der Waals surface area contributed by atoms with Gasteiger partial charge in [-0.2, -0.15) is 5.10 Å². The van der Waals surface area contributed by atoms with E-state index in [-0.39, 0.29) is 24.1 Å². The lowest BCUT2D eigenvalue weighted by atomic mass is 10.2. The number of likely N-dealkylation sites (N-methyl/N-ethyl adjacent to an activating group) is 2. The number of aryl methyl sites for hydroxylation is 1. The van der Waals surface area contributed by atoms with E-state index in [4.69, 9.17) is 5.73 Å². The van der Waals surface area contributed by atoms with Crippen molar-refractivity contribution in [1.29, 1.82) is 0 Å². The first-order chi connectivity index (χ1) is 8.51. The number of amides is 2. The molecule has 1 heterocycles. The van der Waals surface area contributed by atoms with E-state index in [1.165, 1.54) is 19.0 Å². The Kier molecular flexibility index (Phi) is 4.70. The Balaban J connectivity index is 2.80. The molecule has 1 aromatic rings. The van der Waals surface area contributed by atoms with E-state index in [2.05, 4.69) is 15.5 Å². The predicted molar refractivity (Wildman–Crippen MR) is 68.0 cm³/mol. The van der Waals surface area contributed by atoms with Gasteiger partial charge in [-0.05, 0) is 6.42 Å². The van der Waals surface area contributed by atoms with Crippen molar-refractivity contribution < 1.29 is 9.59 Å². The molecule has 2 amide bonds. The second-order valence-corrected chi connectivity index (χ2v) is 4.05. The smallest absolute Gasteiger partial charge is 0.276 e. The number of aromatic nitrogens is 2. The Morgan fingerprint density at radius 1 is 1.50 bits per heavy atom. The molecule has 18 heavy (non-hydrogen) atoms. The topological polar surface area (TPSA) is 104 Å². The molecule has 1 aromatic heterocycles. The van der Waals surface area contributed by atoms with Crippen molar-refractivity contribution in [2.75, 3.05) is 26.4 Å². The third-order valence-electron chi connectivity index (χ3n) is 2.59. The highest BCUT2D eigenvalue weighted by Gasteiger charge is 2.21. The molecule has 7 nitrogen and oxygen atoms in total. The van der Waals surface area contributed by atoms with Crippen molar-refractivity contribution in [3.8, 4) is 0 Å². The molecule has 1 rings (SSSR count). The van der Waals surface area contributed by atoms with Crippen LogP contribution in [0, 0.1) is 0 Å². The van der Waals surface area contributed by atoms with Gasteiger partial charge in [0.25, 0.3) is 5.91 Å². The number of carbonyl (C=O) groups excluding carboxylic acids is 2. The van der Waals surface area contributed by atoms with Crippen molar-refractivity contribution in [2.24, 2.45) is 0 Å². The monoisotopic (exact) mass is 253 g/mol. The molecular formula is C11H19N5O2. The number of anilines is 1. The van der Waals surface area contributed by atoms with Crippen LogP contribution >= 0.6 is 0 Å². The number of H-pyrrole nitrogens is 1. The van der Waals surface area contributed by atoms with Gasteiger partial charge in [-0.25, -0.2) is 0 Å². The van der Waals surface area contributed by atoms with Crippen LogP contribution in [0.1, 0.15) is 29.5 Å². The van der Waals surface area contributed by atoms with Crippen LogP contribution in [0.5, 0.6) is 0 Å². The lowest BCUT2D eigenvalue weighted by molar-refractivity contribution is -0.121. The molecule has 0 atom stereocenters. The molecule has 0 fully saturated rings. The van der Waals surface area contributed by atoms with Gasteiger partial charge in [0.2, 0.25) is 5.91 Å². The molecule has 4 N–H and O–H groups in total. The van der Waals surface area contributed by atoms with Gasteiger partial charge < -0.3 is 16.0 Å². The van der Waals surface area contributed by atoms with Crippen LogP contribution in [0.15, 0.2) is 0 Å². The summed E-state index contributed by atoms with van der Waals surface area (Å²) in [6.45, 7) is 1.99. The fraction of sp³-hybridized carbons (Fsp3) is 0.545. The molecule has 7 heteroatoms. The van der Waals surface area contributed by atoms with Gasteiger partial charge in [0.15, 0.2) is 5.69 Å². The van der Waals surface area contributed by atoms with Gasteiger partial charge in [-0.15, -0.1) is 0 Å². The van der Waals surface area contributed by atoms with Crippen LogP contribution in [0.3, 0.4) is 0 Å². The number of nitrogen functional groups attached to an aromatic ring is 1. The number of rotatable bonds is 5. The molecule has 0 spiro atoms. The highest BCUT2D eigenvalue weighted by molar-refractivity contribution is 5.99. The molecule has 0 aliphatic heterocycles. The quantitative estimate of drug-likeness (QED) is 0.673. The van der Waals surface area contributed by atoms with E-state index < -0.39 is 0 Å². The first-order valence-electron chi connectivity index (χ1n) is 5.80. The summed E-state index contributed by atoms with van der Waals surface area (Å²) in [7, 11) is 3.05. The number of aromatic amines is 1. The van der Waals surface area contributed by atoms with E-state index in [0.29, 0.717) is 5.69 Å². The van der Waals surface area contributed by atoms with Crippen LogP contribution in [-0.2, 0) is 11.2 Å². The number of nitrogens with two attached hydrogens (primary N) is 1. The maximum absolute atomic E-state index is 12.0. The lowest BCUT2D eigenvalue weighted by Gasteiger charge is -2.14. The van der Waals surface area contributed by atoms with Crippen LogP contribution in [0.2, 0.25) is 0 Å². The Bertz CT molecular complexity index is 441. The fourth-order valence-corrected chi connectivity index (χ4v) is 1.54. The van der Waals surface area contributed by atoms with Gasteiger partial charge in [0, 0.05) is 14.1 Å². The molecule has 0 radical (unpaired) electrons. The van der Waals surface area contributed by atoms with Gasteiger partial charge in [0.05, 0.1) is 17.9 Å². The third-order valence-corrected chi connectivity index (χ3v) is 2.59. The Hall–Kier alpha value is -2.05. The van der Waals surface area contributed by atoms with Crippen molar-refractivity contribution in [1.82, 2.24) is 20.4 Å². The average molecular weight is 253 g/mol. The van der Waals surface area contributed by atoms with E-state index in [1.807, 2.05) is 6.92 Å². The predicted octanol–water partition coefficient (Wildman–Crippen LogP) is -0.238. The summed E-state index contributed by atoms with van der Waals surface area (Å²) in [6, 6.07) is 0. The summed E-state index contributed by atoms with van der Waals surface area (Å²) in [5.74, 6) is -0.608. The van der Waals surface area contributed by atoms with Gasteiger partial charge in [-0.3, -0.25) is 14.7 Å². The fourth-order valence-electron chi connectivity index (χ4n) is 1.54. The number of carbonyl (C=O) groups is 2. The van der Waals surface area contributed by atoms with Crippen molar-refractivity contribution in [3.05, 3.63) is 11.4 Å². The molecule has 0 bridgehead atoms. The van der Waals surface area contributed by atoms with Crippen LogP contribution in [0.4, 0.5) is 5.69 Å². The van der Waals surface area contributed by atoms with E-state index in [1.54, 1.807) is 0 Å². The molecular weight excluding hydrogens is 234 g/mol. The van der Waals surface area contributed by atoms with Crippen molar-refractivity contribution >= 4 is 17.5 Å². The Morgan fingerprint density at radius 2 is 2.17 bits per heavy atom. The Morgan fingerprint density at radius 3 is 2.72 bits per heavy atom. The van der Waals surface area contributed by atoms with E-state index >= 15 is 0 Å². The molecule has 0 aliphatic carbocycles. The number of nitrogens with one attached hydrogen (secondary N) is 2. The first-order valence-corrected chi connectivity index (χ1v) is 5.80. The van der Waals surface area contributed by atoms with Gasteiger partial charge in [0.1, 0.15) is 0 Å². The maximum Gasteiger partial charge on any atom is 0.276 e. The summed E-state index contributed by atoms with van der Waals surface area (Å²) in [5, 5.41) is 9.12. The minimum atomic E-state index is -0.366. The minimum Gasteiger partial charge on any atom is -0.395 e. The molecule has 0 aromatic carbocycles. The molecule has 0 saturated carbocycles. The van der Waals surface area contributed by atoms with Crippen LogP contribution in [-0.4, -0.2) is 47.6 Å². The summed E-state index contributed by atoms with van der Waals surface area (Å²) in [5.41, 5.74) is 7.15. The zero-order valence-electron chi connectivity index (χ0n) is 10.9. The molecule has 0 saturated heterocycles. The standard InChI is InChI=1S/C11H19N5O2/c1-4-5-7-9(12)10(15-14-7)11(18)16(3)6-8(17)13-2/h4-6,12H2,1-3H3,(H,13,17)(H,14,15). The second kappa shape index (κ2) is 6.04. The third kappa shape index (κ3) is 2.99. The highest BCUT2D eigenvalue weighted by atomic mass is 16.2. The van der Waals surface area contributed by atoms with Gasteiger partial charge >= 0.3 is 0 Å². The van der Waals surface area contributed by atoms with Crippen LogP contribution < -0.4 is 11.1 Å². The largest absolute Gasteiger partial charge is 0.395 e. The molecule has 0 unspecified atom stereocenters. The molecule has 100 valence electrons. The van der Waals surface area contributed by atoms with Crippen molar-refractivity contribution in [2.45, 2.75) is 19.8 Å². The van der Waals surface area contributed by atoms with E-state index in [9.17, 15) is 9.59 Å². The number of hydrogen-bond acceptors (Lipinski definition) is 4. The normalized spacial score (nSPS) is 10.2. The lowest BCUT2D eigenvalue weighted by Crippen LogP contribution is -2.37. The summed E-state index contributed by atoms with van der Waals surface area (Å²) in [4.78, 5) is 24.5. The molecule has 0 aliphatic rings. The first kappa shape index (κ1) is 14.0. The van der Waals surface area contributed by atoms with Crippen molar-refractivity contribution in [3.63, 3.8) is 0 Å². The zero-order valence-corrected chi connectivity index (χ0v) is 10.9. The summed E-state index contributed by atoms with van der Waals surface area (Å²) < 4.78 is 0. The number of hydrogen-bond donors (Lipinski definition) is 3. The maximum atomic E-state index is 12.0. The Labute approximate surface area is 106 Å². The van der Waals surface area contributed by atoms with E-state index in [0.717, 1.165) is 18.5 Å².